The van der Waals surface area contributed by atoms with Gasteiger partial charge >= 0.3 is 0 Å². The number of benzene rings is 2. The molecule has 146 valence electrons. The summed E-state index contributed by atoms with van der Waals surface area (Å²) in [6.45, 7) is -0.373. The molecular weight excluding hydrogens is 350 g/mol. The lowest BCUT2D eigenvalue weighted by Crippen LogP contribution is -2.29. The summed E-state index contributed by atoms with van der Waals surface area (Å²) in [6, 6.07) is 16.2. The maximum Gasteiger partial charge on any atom is 0.220 e. The molecule has 0 atom stereocenters. The summed E-state index contributed by atoms with van der Waals surface area (Å²) in [6.07, 6.45) is 8.49. The number of rotatable bonds is 9. The molecule has 0 saturated heterocycles. The van der Waals surface area contributed by atoms with E-state index in [0.29, 0.717) is 12.8 Å². The number of nitrogens with one attached hydrogen (secondary N) is 1. The van der Waals surface area contributed by atoms with E-state index in [2.05, 4.69) is 41.7 Å². The van der Waals surface area contributed by atoms with E-state index >= 15 is 0 Å². The van der Waals surface area contributed by atoms with Gasteiger partial charge in [-0.05, 0) is 35.1 Å². The lowest BCUT2D eigenvalue weighted by atomic mass is 9.94. The van der Waals surface area contributed by atoms with Gasteiger partial charge in [0.05, 0.1) is 6.04 Å². The number of Topliss-reactive ketones (excluding diaryl/α,β-unsaturated/α-hetero) is 1. The Kier molecular flexibility index (Phi) is 7.15. The Morgan fingerprint density at radius 1 is 0.786 bits per heavy atom. The van der Waals surface area contributed by atoms with Crippen LogP contribution in [0.5, 0.6) is 0 Å². The fourth-order valence-corrected chi connectivity index (χ4v) is 3.63. The number of aliphatic hydroxyl groups excluding tert-OH is 1. The van der Waals surface area contributed by atoms with Crippen molar-refractivity contribution in [2.24, 2.45) is 0 Å². The number of ketones is 1. The smallest absolute Gasteiger partial charge is 0.220 e. The molecule has 1 amide bonds. The molecule has 2 aromatic rings. The SMILES string of the molecule is O=C(CO)CCCCCCC(=O)NC1c2ccccc2C=Cc2ccccc21. The number of hydrogen-bond acceptors (Lipinski definition) is 3. The maximum atomic E-state index is 12.6. The number of amides is 1. The van der Waals surface area contributed by atoms with Gasteiger partial charge in [-0.15, -0.1) is 0 Å². The van der Waals surface area contributed by atoms with Crippen molar-refractivity contribution < 1.29 is 14.7 Å². The second-order valence-corrected chi connectivity index (χ2v) is 7.20. The molecule has 2 N–H and O–H groups in total. The number of fused-ring (bicyclic) bond motifs is 2. The predicted octanol–water partition coefficient (Wildman–Crippen LogP) is 4.28. The summed E-state index contributed by atoms with van der Waals surface area (Å²) in [7, 11) is 0. The van der Waals surface area contributed by atoms with Crippen molar-refractivity contribution in [3.63, 3.8) is 0 Å². The van der Waals surface area contributed by atoms with Crippen molar-refractivity contribution in [2.45, 2.75) is 44.6 Å². The lowest BCUT2D eigenvalue weighted by Gasteiger charge is -2.22. The zero-order chi connectivity index (χ0) is 19.8. The first kappa shape index (κ1) is 20.0. The van der Waals surface area contributed by atoms with Crippen LogP contribution in [0.15, 0.2) is 48.5 Å². The van der Waals surface area contributed by atoms with Crippen LogP contribution >= 0.6 is 0 Å². The number of carbonyl (C=O) groups is 2. The minimum atomic E-state index is -0.373. The highest BCUT2D eigenvalue weighted by atomic mass is 16.3. The Hall–Kier alpha value is -2.72. The minimum Gasteiger partial charge on any atom is -0.389 e. The van der Waals surface area contributed by atoms with Crippen LogP contribution in [0.2, 0.25) is 0 Å². The number of aliphatic hydroxyl groups is 1. The highest BCUT2D eigenvalue weighted by Crippen LogP contribution is 2.32. The molecule has 0 fully saturated rings. The van der Waals surface area contributed by atoms with Crippen molar-refractivity contribution in [3.05, 3.63) is 70.8 Å². The number of unbranched alkanes of at least 4 members (excludes halogenated alkanes) is 3. The quantitative estimate of drug-likeness (QED) is 0.641. The van der Waals surface area contributed by atoms with E-state index in [4.69, 9.17) is 5.11 Å². The van der Waals surface area contributed by atoms with Gasteiger partial charge in [0.2, 0.25) is 5.91 Å². The van der Waals surface area contributed by atoms with E-state index in [1.54, 1.807) is 0 Å². The van der Waals surface area contributed by atoms with E-state index in [0.717, 1.165) is 47.9 Å². The van der Waals surface area contributed by atoms with Crippen LogP contribution in [0.1, 0.15) is 66.8 Å². The van der Waals surface area contributed by atoms with Crippen LogP contribution in [0.3, 0.4) is 0 Å². The van der Waals surface area contributed by atoms with Crippen LogP contribution in [0, 0.1) is 0 Å². The van der Waals surface area contributed by atoms with E-state index in [-0.39, 0.29) is 24.3 Å². The molecule has 0 radical (unpaired) electrons. The molecule has 4 nitrogen and oxygen atoms in total. The molecule has 3 rings (SSSR count). The third kappa shape index (κ3) is 5.17. The van der Waals surface area contributed by atoms with Crippen molar-refractivity contribution in [2.75, 3.05) is 6.61 Å². The van der Waals surface area contributed by atoms with Crippen molar-refractivity contribution >= 4 is 23.8 Å². The van der Waals surface area contributed by atoms with Gasteiger partial charge in [0.25, 0.3) is 0 Å². The summed E-state index contributed by atoms with van der Waals surface area (Å²) in [4.78, 5) is 23.7. The summed E-state index contributed by atoms with van der Waals surface area (Å²) >= 11 is 0. The molecule has 0 spiro atoms. The topological polar surface area (TPSA) is 66.4 Å². The highest BCUT2D eigenvalue weighted by molar-refractivity contribution is 5.81. The van der Waals surface area contributed by atoms with Crippen LogP contribution in [-0.4, -0.2) is 23.4 Å². The first-order chi connectivity index (χ1) is 13.7. The van der Waals surface area contributed by atoms with Gasteiger partial charge < -0.3 is 10.4 Å². The third-order valence-corrected chi connectivity index (χ3v) is 5.15. The monoisotopic (exact) mass is 377 g/mol. The van der Waals surface area contributed by atoms with E-state index in [9.17, 15) is 9.59 Å². The average molecular weight is 377 g/mol. The van der Waals surface area contributed by atoms with Crippen LogP contribution < -0.4 is 5.32 Å². The average Bonchev–Trinajstić information content (AvgIpc) is 2.88. The Morgan fingerprint density at radius 3 is 1.89 bits per heavy atom. The fourth-order valence-electron chi connectivity index (χ4n) is 3.63. The molecule has 1 aliphatic carbocycles. The van der Waals surface area contributed by atoms with E-state index in [1.807, 2.05) is 24.3 Å². The van der Waals surface area contributed by atoms with Gasteiger partial charge in [-0.25, -0.2) is 0 Å². The first-order valence-electron chi connectivity index (χ1n) is 9.97. The summed E-state index contributed by atoms with van der Waals surface area (Å²) in [5.74, 6) is -0.0695. The summed E-state index contributed by atoms with van der Waals surface area (Å²) in [5.41, 5.74) is 4.47. The molecule has 0 saturated carbocycles. The second-order valence-electron chi connectivity index (χ2n) is 7.20. The van der Waals surface area contributed by atoms with Crippen LogP contribution in [-0.2, 0) is 9.59 Å². The molecule has 0 aromatic heterocycles. The van der Waals surface area contributed by atoms with Gasteiger partial charge in [-0.1, -0.05) is 73.5 Å². The van der Waals surface area contributed by atoms with Gasteiger partial charge in [0.1, 0.15) is 6.61 Å². The summed E-state index contributed by atoms with van der Waals surface area (Å²) < 4.78 is 0. The van der Waals surface area contributed by atoms with Crippen molar-refractivity contribution in [3.8, 4) is 0 Å². The molecule has 2 aromatic carbocycles. The standard InChI is InChI=1S/C24H27NO3/c26-17-20(27)11-3-1-2-4-14-23(28)25-24-21-12-7-5-9-18(21)15-16-19-10-6-8-13-22(19)24/h5-10,12-13,15-16,24,26H,1-4,11,14,17H2,(H,25,28). The van der Waals surface area contributed by atoms with Gasteiger partial charge in [-0.2, -0.15) is 0 Å². The molecule has 0 heterocycles. The van der Waals surface area contributed by atoms with Gasteiger partial charge in [0, 0.05) is 12.8 Å². The summed E-state index contributed by atoms with van der Waals surface area (Å²) in [5, 5.41) is 11.9. The maximum absolute atomic E-state index is 12.6. The fraction of sp³-hybridized carbons (Fsp3) is 0.333. The Morgan fingerprint density at radius 2 is 1.32 bits per heavy atom. The predicted molar refractivity (Wildman–Crippen MR) is 112 cm³/mol. The molecule has 0 aliphatic heterocycles. The Labute approximate surface area is 166 Å². The van der Waals surface area contributed by atoms with Crippen LogP contribution in [0.25, 0.3) is 12.2 Å². The lowest BCUT2D eigenvalue weighted by molar-refractivity contribution is -0.122. The molecule has 0 bridgehead atoms. The van der Waals surface area contributed by atoms with E-state index in [1.165, 1.54) is 0 Å². The van der Waals surface area contributed by atoms with Crippen molar-refractivity contribution in [1.82, 2.24) is 5.32 Å². The van der Waals surface area contributed by atoms with Crippen molar-refractivity contribution in [1.29, 1.82) is 0 Å². The van der Waals surface area contributed by atoms with Crippen LogP contribution in [0.4, 0.5) is 0 Å². The first-order valence-corrected chi connectivity index (χ1v) is 9.97. The molecule has 1 aliphatic rings. The van der Waals surface area contributed by atoms with Gasteiger partial charge in [-0.3, -0.25) is 9.59 Å². The second kappa shape index (κ2) is 10.00. The zero-order valence-electron chi connectivity index (χ0n) is 16.1. The zero-order valence-corrected chi connectivity index (χ0v) is 16.1. The largest absolute Gasteiger partial charge is 0.389 e. The Bertz CT molecular complexity index is 807. The third-order valence-electron chi connectivity index (χ3n) is 5.15. The molecule has 4 heteroatoms. The number of hydrogen-bond donors (Lipinski definition) is 2. The highest BCUT2D eigenvalue weighted by Gasteiger charge is 2.22. The van der Waals surface area contributed by atoms with E-state index < -0.39 is 0 Å². The van der Waals surface area contributed by atoms with Gasteiger partial charge in [0.15, 0.2) is 5.78 Å². The molecular formula is C24H27NO3. The normalized spacial score (nSPS) is 12.8. The molecule has 28 heavy (non-hydrogen) atoms. The minimum absolute atomic E-state index is 0.0444. The molecule has 0 unspecified atom stereocenters. The number of carbonyl (C=O) groups excluding carboxylic acids is 2. The Balaban J connectivity index is 1.60.